The van der Waals surface area contributed by atoms with Gasteiger partial charge in [-0.1, -0.05) is 38.8 Å². The number of allylic oxidation sites excluding steroid dienone is 2. The van der Waals surface area contributed by atoms with E-state index in [0.717, 1.165) is 64.2 Å². The van der Waals surface area contributed by atoms with Gasteiger partial charge in [0.1, 0.15) is 5.60 Å². The molecule has 3 unspecified atom stereocenters. The Kier molecular flexibility index (Phi) is 6.48. The lowest BCUT2D eigenvalue weighted by Gasteiger charge is -2.59. The van der Waals surface area contributed by atoms with Crippen LogP contribution in [0.25, 0.3) is 0 Å². The number of esters is 1. The molecule has 0 amide bonds. The minimum atomic E-state index is -0.561. The number of hydrogen-bond acceptors (Lipinski definition) is 3. The largest absolute Gasteiger partial charge is 0.459 e. The molecule has 4 fully saturated rings. The maximum atomic E-state index is 13.0. The summed E-state index contributed by atoms with van der Waals surface area (Å²) >= 11 is 0. The molecule has 4 bridgehead atoms. The molecule has 3 nitrogen and oxygen atoms in total. The van der Waals surface area contributed by atoms with Gasteiger partial charge in [-0.2, -0.15) is 0 Å². The number of ether oxygens (including phenoxy) is 1. The summed E-state index contributed by atoms with van der Waals surface area (Å²) in [6, 6.07) is 0. The molecule has 4 rings (SSSR count). The molecule has 0 radical (unpaired) electrons. The van der Waals surface area contributed by atoms with Crippen LogP contribution in [0.1, 0.15) is 97.3 Å². The molecule has 0 aromatic rings. The fourth-order valence-electron chi connectivity index (χ4n) is 6.16. The molecule has 4 aliphatic rings. The highest BCUT2D eigenvalue weighted by Crippen LogP contribution is 2.59. The van der Waals surface area contributed by atoms with Gasteiger partial charge in [0, 0.05) is 6.42 Å². The maximum absolute atomic E-state index is 13.0. The quantitative estimate of drug-likeness (QED) is 0.314. The van der Waals surface area contributed by atoms with E-state index in [-0.39, 0.29) is 17.5 Å². The molecule has 0 heterocycles. The predicted molar refractivity (Wildman–Crippen MR) is 105 cm³/mol. The molecule has 1 N–H and O–H groups in total. The summed E-state index contributed by atoms with van der Waals surface area (Å²) in [5, 5.41) is 10.9. The monoisotopic (exact) mass is 362 g/mol. The molecule has 0 saturated heterocycles. The molecular formula is C23H38O3. The van der Waals surface area contributed by atoms with Gasteiger partial charge in [-0.25, -0.2) is 0 Å². The van der Waals surface area contributed by atoms with Crippen molar-refractivity contribution in [2.24, 2.45) is 17.8 Å². The number of rotatable bonds is 10. The van der Waals surface area contributed by atoms with E-state index in [4.69, 9.17) is 4.74 Å². The van der Waals surface area contributed by atoms with Crippen LogP contribution in [0.15, 0.2) is 12.2 Å². The molecular weight excluding hydrogens is 324 g/mol. The van der Waals surface area contributed by atoms with Crippen LogP contribution >= 0.6 is 0 Å². The van der Waals surface area contributed by atoms with Crippen LogP contribution in [0.4, 0.5) is 0 Å². The minimum absolute atomic E-state index is 0.00920. The number of aliphatic hydroxyl groups is 1. The average molecular weight is 363 g/mol. The lowest BCUT2D eigenvalue weighted by atomic mass is 9.52. The first kappa shape index (κ1) is 19.9. The second-order valence-electron chi connectivity index (χ2n) is 9.47. The topological polar surface area (TPSA) is 46.5 Å². The van der Waals surface area contributed by atoms with Crippen LogP contribution < -0.4 is 0 Å². The predicted octanol–water partition coefficient (Wildman–Crippen LogP) is 5.56. The highest BCUT2D eigenvalue weighted by atomic mass is 16.6. The minimum Gasteiger partial charge on any atom is -0.459 e. The zero-order chi connectivity index (χ0) is 18.6. The van der Waals surface area contributed by atoms with Crippen LogP contribution in [0.3, 0.4) is 0 Å². The molecule has 4 aliphatic carbocycles. The van der Waals surface area contributed by atoms with E-state index >= 15 is 0 Å². The van der Waals surface area contributed by atoms with E-state index in [2.05, 4.69) is 26.0 Å². The molecule has 0 spiro atoms. The lowest BCUT2D eigenvalue weighted by molar-refractivity contribution is -0.222. The maximum Gasteiger partial charge on any atom is 0.309 e. The van der Waals surface area contributed by atoms with E-state index in [1.165, 1.54) is 12.8 Å². The second kappa shape index (κ2) is 8.46. The summed E-state index contributed by atoms with van der Waals surface area (Å²) in [6.45, 7) is 4.34. The van der Waals surface area contributed by atoms with Gasteiger partial charge in [-0.15, -0.1) is 0 Å². The Balaban J connectivity index is 1.54. The van der Waals surface area contributed by atoms with Crippen LogP contribution in [-0.2, 0) is 9.53 Å². The first-order valence-corrected chi connectivity index (χ1v) is 11.1. The highest BCUT2D eigenvalue weighted by molar-refractivity contribution is 5.73. The van der Waals surface area contributed by atoms with Crippen LogP contribution in [-0.4, -0.2) is 22.3 Å². The average Bonchev–Trinajstić information content (AvgIpc) is 2.54. The normalized spacial score (nSPS) is 36.6. The molecule has 0 aromatic carbocycles. The molecule has 3 heteroatoms. The molecule has 3 atom stereocenters. The molecule has 4 saturated carbocycles. The second-order valence-corrected chi connectivity index (χ2v) is 9.47. The van der Waals surface area contributed by atoms with E-state index in [9.17, 15) is 9.90 Å². The lowest BCUT2D eigenvalue weighted by Crippen LogP contribution is -2.60. The number of carbonyl (C=O) groups excluding carboxylic acids is 1. The van der Waals surface area contributed by atoms with Crippen molar-refractivity contribution in [3.63, 3.8) is 0 Å². The Morgan fingerprint density at radius 1 is 1.08 bits per heavy atom. The van der Waals surface area contributed by atoms with Crippen molar-refractivity contribution in [3.8, 4) is 0 Å². The van der Waals surface area contributed by atoms with E-state index in [1.807, 2.05) is 0 Å². The standard InChI is InChI=1S/C23H38O3/c1-3-5-6-7-8-9-11-20(10-4-2)21(24)26-23-15-18-12-19(16-23)14-22(25,13-18)17-23/h6-7,18-20,25H,3-5,8-17H2,1-2H3. The molecule has 0 aliphatic heterocycles. The molecule has 26 heavy (non-hydrogen) atoms. The van der Waals surface area contributed by atoms with Gasteiger partial charge >= 0.3 is 5.97 Å². The van der Waals surface area contributed by atoms with Gasteiger partial charge in [-0.05, 0) is 76.0 Å². The van der Waals surface area contributed by atoms with Crippen molar-refractivity contribution >= 4 is 5.97 Å². The van der Waals surface area contributed by atoms with Gasteiger partial charge in [-0.3, -0.25) is 4.79 Å². The van der Waals surface area contributed by atoms with Gasteiger partial charge in [0.25, 0.3) is 0 Å². The Hall–Kier alpha value is -0.830. The van der Waals surface area contributed by atoms with Crippen molar-refractivity contribution in [2.75, 3.05) is 0 Å². The first-order chi connectivity index (χ1) is 12.5. The molecule has 148 valence electrons. The van der Waals surface area contributed by atoms with Crippen LogP contribution in [0.2, 0.25) is 0 Å². The fraction of sp³-hybridized carbons (Fsp3) is 0.870. The van der Waals surface area contributed by atoms with E-state index < -0.39 is 5.60 Å². The Morgan fingerprint density at radius 2 is 1.77 bits per heavy atom. The van der Waals surface area contributed by atoms with Crippen molar-refractivity contribution in [2.45, 2.75) is 109 Å². The summed E-state index contributed by atoms with van der Waals surface area (Å²) in [6.07, 6.45) is 17.5. The van der Waals surface area contributed by atoms with Gasteiger partial charge in [0.15, 0.2) is 0 Å². The zero-order valence-electron chi connectivity index (χ0n) is 16.8. The van der Waals surface area contributed by atoms with E-state index in [1.54, 1.807) is 0 Å². The third-order valence-corrected chi connectivity index (χ3v) is 6.81. The van der Waals surface area contributed by atoms with Crippen LogP contribution in [0.5, 0.6) is 0 Å². The summed E-state index contributed by atoms with van der Waals surface area (Å²) in [5.74, 6) is 1.15. The summed E-state index contributed by atoms with van der Waals surface area (Å²) in [4.78, 5) is 13.0. The summed E-state index contributed by atoms with van der Waals surface area (Å²) in [7, 11) is 0. The Labute approximate surface area is 159 Å². The van der Waals surface area contributed by atoms with Gasteiger partial charge in [0.05, 0.1) is 11.5 Å². The molecule has 0 aromatic heterocycles. The Bertz CT molecular complexity index is 496. The summed E-state index contributed by atoms with van der Waals surface area (Å²) in [5.41, 5.74) is -0.919. The van der Waals surface area contributed by atoms with Crippen molar-refractivity contribution in [1.29, 1.82) is 0 Å². The number of hydrogen-bond donors (Lipinski definition) is 1. The highest BCUT2D eigenvalue weighted by Gasteiger charge is 2.59. The number of unbranched alkanes of at least 4 members (excludes halogenated alkanes) is 2. The first-order valence-electron chi connectivity index (χ1n) is 11.1. The fourth-order valence-corrected chi connectivity index (χ4v) is 6.16. The zero-order valence-corrected chi connectivity index (χ0v) is 16.8. The van der Waals surface area contributed by atoms with Gasteiger partial charge in [0.2, 0.25) is 0 Å². The number of carbonyl (C=O) groups is 1. The van der Waals surface area contributed by atoms with Crippen LogP contribution in [0, 0.1) is 17.8 Å². The van der Waals surface area contributed by atoms with Crippen molar-refractivity contribution < 1.29 is 14.6 Å². The third kappa shape index (κ3) is 4.71. The SMILES string of the molecule is CCCC=CCCCC(CCC)C(=O)OC12CC3CC(CC(O)(C3)C1)C2. The van der Waals surface area contributed by atoms with E-state index in [0.29, 0.717) is 18.3 Å². The van der Waals surface area contributed by atoms with Gasteiger partial charge < -0.3 is 9.84 Å². The smallest absolute Gasteiger partial charge is 0.309 e. The summed E-state index contributed by atoms with van der Waals surface area (Å²) < 4.78 is 6.21. The van der Waals surface area contributed by atoms with Crippen molar-refractivity contribution in [3.05, 3.63) is 12.2 Å². The van der Waals surface area contributed by atoms with Crippen molar-refractivity contribution in [1.82, 2.24) is 0 Å². The third-order valence-electron chi connectivity index (χ3n) is 6.81. The Morgan fingerprint density at radius 3 is 2.38 bits per heavy atom.